The summed E-state index contributed by atoms with van der Waals surface area (Å²) >= 11 is 1.79. The van der Waals surface area contributed by atoms with Gasteiger partial charge < -0.3 is 14.2 Å². The number of thiophene rings is 1. The van der Waals surface area contributed by atoms with Crippen LogP contribution >= 0.6 is 11.3 Å². The average Bonchev–Trinajstić information content (AvgIpc) is 3.10. The minimum absolute atomic E-state index is 0.774. The topological polar surface area (TPSA) is 30.9 Å². The number of rotatable bonds is 8. The van der Waals surface area contributed by atoms with Crippen LogP contribution in [-0.4, -0.2) is 26.2 Å². The van der Waals surface area contributed by atoms with Gasteiger partial charge in [-0.25, -0.2) is 0 Å². The molecule has 4 rings (SSSR count). The molecule has 1 aromatic heterocycles. The SMILES string of the molecule is COc1ccc(CN(C)Cc2c(C)sc3c(Oc4cccc(OC)c4)cccc23)cc1. The summed E-state index contributed by atoms with van der Waals surface area (Å²) in [6, 6.07) is 22.3. The molecule has 5 heteroatoms. The quantitative estimate of drug-likeness (QED) is 0.311. The Balaban J connectivity index is 1.55. The highest BCUT2D eigenvalue weighted by atomic mass is 32.1. The summed E-state index contributed by atoms with van der Waals surface area (Å²) < 4.78 is 18.0. The third kappa shape index (κ3) is 4.84. The third-order valence-corrected chi connectivity index (χ3v) is 6.47. The van der Waals surface area contributed by atoms with Gasteiger partial charge >= 0.3 is 0 Å². The van der Waals surface area contributed by atoms with E-state index in [1.807, 2.05) is 42.5 Å². The van der Waals surface area contributed by atoms with Crippen molar-refractivity contribution >= 4 is 21.4 Å². The molecule has 3 aromatic carbocycles. The van der Waals surface area contributed by atoms with Gasteiger partial charge in [0.05, 0.1) is 18.9 Å². The zero-order valence-electron chi connectivity index (χ0n) is 18.3. The second-order valence-electron chi connectivity index (χ2n) is 7.57. The van der Waals surface area contributed by atoms with Crippen LogP contribution in [0.4, 0.5) is 0 Å². The average molecular weight is 434 g/mol. The number of methoxy groups -OCH3 is 2. The Labute approximate surface area is 187 Å². The fourth-order valence-corrected chi connectivity index (χ4v) is 4.82. The molecule has 0 saturated heterocycles. The summed E-state index contributed by atoms with van der Waals surface area (Å²) in [5.74, 6) is 3.32. The van der Waals surface area contributed by atoms with Gasteiger partial charge in [-0.15, -0.1) is 11.3 Å². The summed E-state index contributed by atoms with van der Waals surface area (Å²) in [5.41, 5.74) is 2.62. The molecule has 0 aliphatic rings. The predicted octanol–water partition coefficient (Wildman–Crippen LogP) is 6.65. The minimum atomic E-state index is 0.774. The van der Waals surface area contributed by atoms with Crippen molar-refractivity contribution in [1.82, 2.24) is 4.90 Å². The molecule has 0 aliphatic carbocycles. The standard InChI is InChI=1S/C26H27NO3S/c1-18-24(17-27(2)16-19-11-13-20(28-3)14-12-19)23-9-6-10-25(26(23)31-18)30-22-8-5-7-21(15-22)29-4/h5-15H,16-17H2,1-4H3. The lowest BCUT2D eigenvalue weighted by Gasteiger charge is -2.17. The van der Waals surface area contributed by atoms with Gasteiger partial charge in [0.2, 0.25) is 0 Å². The Kier molecular flexibility index (Phi) is 6.44. The molecule has 0 atom stereocenters. The molecule has 1 heterocycles. The Morgan fingerprint density at radius 3 is 2.26 bits per heavy atom. The smallest absolute Gasteiger partial charge is 0.145 e. The number of hydrogen-bond donors (Lipinski definition) is 0. The Morgan fingerprint density at radius 2 is 1.52 bits per heavy atom. The van der Waals surface area contributed by atoms with E-state index in [-0.39, 0.29) is 0 Å². The molecular weight excluding hydrogens is 406 g/mol. The zero-order chi connectivity index (χ0) is 21.8. The zero-order valence-corrected chi connectivity index (χ0v) is 19.2. The van der Waals surface area contributed by atoms with E-state index in [4.69, 9.17) is 14.2 Å². The van der Waals surface area contributed by atoms with Gasteiger partial charge in [-0.2, -0.15) is 0 Å². The first-order valence-electron chi connectivity index (χ1n) is 10.2. The molecule has 0 amide bonds. The number of fused-ring (bicyclic) bond motifs is 1. The van der Waals surface area contributed by atoms with Crippen LogP contribution in [-0.2, 0) is 13.1 Å². The number of ether oxygens (including phenoxy) is 3. The van der Waals surface area contributed by atoms with Gasteiger partial charge in [-0.05, 0) is 55.4 Å². The molecule has 4 aromatic rings. The normalized spacial score (nSPS) is 11.1. The minimum Gasteiger partial charge on any atom is -0.497 e. The Hall–Kier alpha value is -3.02. The lowest BCUT2D eigenvalue weighted by Crippen LogP contribution is -2.17. The fraction of sp³-hybridized carbons (Fsp3) is 0.231. The molecule has 0 unspecified atom stereocenters. The number of benzene rings is 3. The van der Waals surface area contributed by atoms with Gasteiger partial charge in [0, 0.05) is 29.4 Å². The highest BCUT2D eigenvalue weighted by Crippen LogP contribution is 2.39. The first-order valence-corrected chi connectivity index (χ1v) is 11.0. The third-order valence-electron chi connectivity index (χ3n) is 5.29. The number of hydrogen-bond acceptors (Lipinski definition) is 5. The van der Waals surface area contributed by atoms with E-state index in [2.05, 4.69) is 43.1 Å². The molecule has 0 aliphatic heterocycles. The summed E-state index contributed by atoms with van der Waals surface area (Å²) in [7, 11) is 5.51. The van der Waals surface area contributed by atoms with Crippen molar-refractivity contribution < 1.29 is 14.2 Å². The second kappa shape index (κ2) is 9.41. The highest BCUT2D eigenvalue weighted by molar-refractivity contribution is 7.19. The van der Waals surface area contributed by atoms with E-state index >= 15 is 0 Å². The maximum Gasteiger partial charge on any atom is 0.145 e. The van der Waals surface area contributed by atoms with Crippen LogP contribution in [0.1, 0.15) is 16.0 Å². The van der Waals surface area contributed by atoms with Gasteiger partial charge in [-0.3, -0.25) is 4.90 Å². The molecular formula is C26H27NO3S. The van der Waals surface area contributed by atoms with E-state index in [1.54, 1.807) is 25.6 Å². The molecule has 0 saturated carbocycles. The molecule has 160 valence electrons. The lowest BCUT2D eigenvalue weighted by atomic mass is 10.1. The van der Waals surface area contributed by atoms with Crippen molar-refractivity contribution in [3.8, 4) is 23.0 Å². The van der Waals surface area contributed by atoms with Crippen molar-refractivity contribution in [2.24, 2.45) is 0 Å². The van der Waals surface area contributed by atoms with Crippen molar-refractivity contribution in [3.63, 3.8) is 0 Å². The monoisotopic (exact) mass is 433 g/mol. The maximum absolute atomic E-state index is 6.23. The lowest BCUT2D eigenvalue weighted by molar-refractivity contribution is 0.320. The number of aryl methyl sites for hydroxylation is 1. The molecule has 0 fully saturated rings. The predicted molar refractivity (Wildman–Crippen MR) is 128 cm³/mol. The van der Waals surface area contributed by atoms with Crippen LogP contribution < -0.4 is 14.2 Å². The fourth-order valence-electron chi connectivity index (χ4n) is 3.70. The van der Waals surface area contributed by atoms with Crippen molar-refractivity contribution in [2.45, 2.75) is 20.0 Å². The van der Waals surface area contributed by atoms with Crippen molar-refractivity contribution in [3.05, 3.63) is 82.7 Å². The highest BCUT2D eigenvalue weighted by Gasteiger charge is 2.15. The van der Waals surface area contributed by atoms with E-state index < -0.39 is 0 Å². The van der Waals surface area contributed by atoms with Crippen molar-refractivity contribution in [2.75, 3.05) is 21.3 Å². The molecule has 31 heavy (non-hydrogen) atoms. The van der Waals surface area contributed by atoms with Crippen LogP contribution in [0, 0.1) is 6.92 Å². The molecule has 0 N–H and O–H groups in total. The molecule has 0 radical (unpaired) electrons. The largest absolute Gasteiger partial charge is 0.497 e. The van der Waals surface area contributed by atoms with E-state index in [9.17, 15) is 0 Å². The second-order valence-corrected chi connectivity index (χ2v) is 8.80. The molecule has 0 bridgehead atoms. The Morgan fingerprint density at radius 1 is 0.806 bits per heavy atom. The van der Waals surface area contributed by atoms with E-state index in [0.29, 0.717) is 0 Å². The van der Waals surface area contributed by atoms with Crippen LogP contribution in [0.2, 0.25) is 0 Å². The van der Waals surface area contributed by atoms with Crippen LogP contribution in [0.5, 0.6) is 23.0 Å². The van der Waals surface area contributed by atoms with Gasteiger partial charge in [0.15, 0.2) is 0 Å². The molecule has 4 nitrogen and oxygen atoms in total. The van der Waals surface area contributed by atoms with Crippen LogP contribution in [0.15, 0.2) is 66.7 Å². The van der Waals surface area contributed by atoms with E-state index in [1.165, 1.54) is 26.1 Å². The summed E-state index contributed by atoms with van der Waals surface area (Å²) in [4.78, 5) is 3.66. The summed E-state index contributed by atoms with van der Waals surface area (Å²) in [6.45, 7) is 3.94. The van der Waals surface area contributed by atoms with Gasteiger partial charge in [-0.1, -0.05) is 30.3 Å². The first-order chi connectivity index (χ1) is 15.1. The van der Waals surface area contributed by atoms with Gasteiger partial charge in [0.25, 0.3) is 0 Å². The number of nitrogens with zero attached hydrogens (tertiary/aromatic N) is 1. The first kappa shape index (κ1) is 21.2. The van der Waals surface area contributed by atoms with E-state index in [0.717, 1.165) is 36.1 Å². The summed E-state index contributed by atoms with van der Waals surface area (Å²) in [6.07, 6.45) is 0. The Bertz CT molecular complexity index is 1170. The van der Waals surface area contributed by atoms with Crippen LogP contribution in [0.25, 0.3) is 10.1 Å². The maximum atomic E-state index is 6.23. The summed E-state index contributed by atoms with van der Waals surface area (Å²) in [5, 5.41) is 1.25. The molecule has 0 spiro atoms. The van der Waals surface area contributed by atoms with Gasteiger partial charge in [0.1, 0.15) is 23.0 Å². The van der Waals surface area contributed by atoms with Crippen molar-refractivity contribution in [1.29, 1.82) is 0 Å². The van der Waals surface area contributed by atoms with Crippen LogP contribution in [0.3, 0.4) is 0 Å².